The lowest BCUT2D eigenvalue weighted by Crippen LogP contribution is -2.13. The van der Waals surface area contributed by atoms with E-state index in [1.54, 1.807) is 0 Å². The fourth-order valence-electron chi connectivity index (χ4n) is 1.46. The summed E-state index contributed by atoms with van der Waals surface area (Å²) in [6.07, 6.45) is 1.21. The number of rotatable bonds is 3. The molecule has 1 aromatic heterocycles. The summed E-state index contributed by atoms with van der Waals surface area (Å²) in [5.74, 6) is -1.74. The topological polar surface area (TPSA) is 85.1 Å². The summed E-state index contributed by atoms with van der Waals surface area (Å²) in [5, 5.41) is 2.57. The molecule has 0 unspecified atom stereocenters. The largest absolute Gasteiger partial charge is 0.366 e. The summed E-state index contributed by atoms with van der Waals surface area (Å²) in [7, 11) is 0. The van der Waals surface area contributed by atoms with Crippen LogP contribution in [0.2, 0.25) is 0 Å². The highest BCUT2D eigenvalue weighted by Crippen LogP contribution is 2.11. The molecule has 2 rings (SSSR count). The normalized spacial score (nSPS) is 9.95. The van der Waals surface area contributed by atoms with E-state index in [1.807, 2.05) is 0 Å². The number of halogens is 1. The number of hydrogen-bond acceptors (Lipinski definition) is 3. The lowest BCUT2D eigenvalue weighted by atomic mass is 10.2. The second-order valence-electron chi connectivity index (χ2n) is 3.76. The van der Waals surface area contributed by atoms with Gasteiger partial charge in [0.2, 0.25) is 11.9 Å². The molecule has 3 N–H and O–H groups in total. The molecule has 0 saturated carbocycles. The van der Waals surface area contributed by atoms with Crippen molar-refractivity contribution in [2.45, 2.75) is 0 Å². The lowest BCUT2D eigenvalue weighted by Gasteiger charge is -2.05. The highest BCUT2D eigenvalue weighted by Gasteiger charge is 2.08. The minimum Gasteiger partial charge on any atom is -0.366 e. The molecule has 2 amide bonds. The number of pyridine rings is 1. The predicted octanol–water partition coefficient (Wildman–Crippen LogP) is 1.57. The molecule has 2 aromatic rings. The molecule has 0 spiro atoms. The van der Waals surface area contributed by atoms with Gasteiger partial charge in [-0.15, -0.1) is 0 Å². The summed E-state index contributed by atoms with van der Waals surface area (Å²) in [6, 6.07) is 8.49. The minimum atomic E-state index is -0.725. The van der Waals surface area contributed by atoms with Crippen LogP contribution in [0.25, 0.3) is 0 Å². The monoisotopic (exact) mass is 259 g/mol. The Morgan fingerprint density at radius 2 is 1.79 bits per heavy atom. The molecule has 0 fully saturated rings. The number of nitrogens with zero attached hydrogens (tertiary/aromatic N) is 1. The molecule has 0 aliphatic heterocycles. The van der Waals surface area contributed by atoms with Crippen molar-refractivity contribution in [3.63, 3.8) is 0 Å². The van der Waals surface area contributed by atoms with Crippen LogP contribution >= 0.6 is 0 Å². The fourth-order valence-corrected chi connectivity index (χ4v) is 1.46. The van der Waals surface area contributed by atoms with Crippen molar-refractivity contribution in [2.24, 2.45) is 5.73 Å². The number of nitrogens with one attached hydrogen (secondary N) is 1. The molecule has 19 heavy (non-hydrogen) atoms. The van der Waals surface area contributed by atoms with Gasteiger partial charge in [-0.2, -0.15) is 4.39 Å². The van der Waals surface area contributed by atoms with E-state index >= 15 is 0 Å². The molecule has 0 aliphatic carbocycles. The Bertz CT molecular complexity index is 626. The Morgan fingerprint density at radius 1 is 1.11 bits per heavy atom. The first kappa shape index (κ1) is 12.7. The third kappa shape index (κ3) is 3.12. The molecule has 0 saturated heterocycles. The first-order valence-corrected chi connectivity index (χ1v) is 5.39. The number of primary amides is 1. The Morgan fingerprint density at radius 3 is 2.37 bits per heavy atom. The first-order valence-electron chi connectivity index (χ1n) is 5.39. The number of carbonyl (C=O) groups is 2. The van der Waals surface area contributed by atoms with Crippen LogP contribution in [0.3, 0.4) is 0 Å². The summed E-state index contributed by atoms with van der Waals surface area (Å²) < 4.78 is 12.9. The molecule has 96 valence electrons. The van der Waals surface area contributed by atoms with E-state index in [-0.39, 0.29) is 5.56 Å². The van der Waals surface area contributed by atoms with Crippen LogP contribution in [0, 0.1) is 5.95 Å². The summed E-state index contributed by atoms with van der Waals surface area (Å²) in [6.45, 7) is 0. The van der Waals surface area contributed by atoms with Gasteiger partial charge in [0.15, 0.2) is 0 Å². The molecule has 5 nitrogen and oxygen atoms in total. The van der Waals surface area contributed by atoms with Crippen molar-refractivity contribution in [2.75, 3.05) is 5.32 Å². The molecule has 0 bridgehead atoms. The van der Waals surface area contributed by atoms with Crippen LogP contribution in [0.1, 0.15) is 20.7 Å². The van der Waals surface area contributed by atoms with Crippen molar-refractivity contribution >= 4 is 17.5 Å². The summed E-state index contributed by atoms with van der Waals surface area (Å²) in [4.78, 5) is 26.0. The van der Waals surface area contributed by atoms with Gasteiger partial charge in [-0.05, 0) is 30.3 Å². The quantitative estimate of drug-likeness (QED) is 0.820. The van der Waals surface area contributed by atoms with Crippen LogP contribution < -0.4 is 11.1 Å². The van der Waals surface area contributed by atoms with Crippen molar-refractivity contribution in [3.8, 4) is 0 Å². The van der Waals surface area contributed by atoms with E-state index in [9.17, 15) is 14.0 Å². The van der Waals surface area contributed by atoms with Crippen LogP contribution in [0.15, 0.2) is 42.6 Å². The summed E-state index contributed by atoms with van der Waals surface area (Å²) >= 11 is 0. The maximum Gasteiger partial charge on any atom is 0.255 e. The van der Waals surface area contributed by atoms with E-state index in [1.165, 1.54) is 36.5 Å². The van der Waals surface area contributed by atoms with Gasteiger partial charge in [0.25, 0.3) is 5.91 Å². The van der Waals surface area contributed by atoms with Crippen molar-refractivity contribution < 1.29 is 14.0 Å². The Labute approximate surface area is 108 Å². The van der Waals surface area contributed by atoms with Crippen molar-refractivity contribution in [1.82, 2.24) is 4.98 Å². The number of aromatic nitrogens is 1. The number of hydrogen-bond donors (Lipinski definition) is 2. The smallest absolute Gasteiger partial charge is 0.255 e. The SMILES string of the molecule is NC(=O)c1ccc(NC(=O)c2ccnc(F)c2)cc1. The molecule has 0 atom stereocenters. The molecular formula is C13H10FN3O2. The van der Waals surface area contributed by atoms with Gasteiger partial charge < -0.3 is 11.1 Å². The van der Waals surface area contributed by atoms with Crippen LogP contribution in [0.5, 0.6) is 0 Å². The molecule has 0 aliphatic rings. The first-order chi connectivity index (χ1) is 9.06. The second-order valence-corrected chi connectivity index (χ2v) is 3.76. The second kappa shape index (κ2) is 5.26. The van der Waals surface area contributed by atoms with Crippen molar-refractivity contribution in [1.29, 1.82) is 0 Å². The highest BCUT2D eigenvalue weighted by molar-refractivity contribution is 6.04. The van der Waals surface area contributed by atoms with Crippen LogP contribution in [-0.4, -0.2) is 16.8 Å². The van der Waals surface area contributed by atoms with Gasteiger partial charge in [-0.25, -0.2) is 4.98 Å². The van der Waals surface area contributed by atoms with E-state index in [4.69, 9.17) is 5.73 Å². The number of nitrogens with two attached hydrogens (primary N) is 1. The number of benzene rings is 1. The van der Waals surface area contributed by atoms with Gasteiger partial charge in [0.1, 0.15) is 0 Å². The average molecular weight is 259 g/mol. The zero-order valence-corrected chi connectivity index (χ0v) is 9.76. The van der Waals surface area contributed by atoms with Gasteiger partial charge in [-0.3, -0.25) is 9.59 Å². The lowest BCUT2D eigenvalue weighted by molar-refractivity contribution is 0.0998. The standard InChI is InChI=1S/C13H10FN3O2/c14-11-7-9(5-6-16-11)13(19)17-10-3-1-8(2-4-10)12(15)18/h1-7H,(H2,15,18)(H,17,19). The third-order valence-electron chi connectivity index (χ3n) is 2.42. The van der Waals surface area contributed by atoms with Gasteiger partial charge in [0.05, 0.1) is 0 Å². The Kier molecular flexibility index (Phi) is 3.51. The zero-order chi connectivity index (χ0) is 13.8. The average Bonchev–Trinajstić information content (AvgIpc) is 2.39. The van der Waals surface area contributed by atoms with Gasteiger partial charge in [0, 0.05) is 29.1 Å². The van der Waals surface area contributed by atoms with E-state index < -0.39 is 17.8 Å². The third-order valence-corrected chi connectivity index (χ3v) is 2.42. The van der Waals surface area contributed by atoms with E-state index in [0.717, 1.165) is 6.07 Å². The minimum absolute atomic E-state index is 0.159. The molecule has 0 radical (unpaired) electrons. The molecular weight excluding hydrogens is 249 g/mol. The summed E-state index contributed by atoms with van der Waals surface area (Å²) in [5.41, 5.74) is 6.08. The maximum absolute atomic E-state index is 12.9. The Hall–Kier alpha value is -2.76. The fraction of sp³-hybridized carbons (Fsp3) is 0. The zero-order valence-electron chi connectivity index (χ0n) is 9.76. The number of anilines is 1. The molecule has 6 heteroatoms. The van der Waals surface area contributed by atoms with Crippen LogP contribution in [-0.2, 0) is 0 Å². The molecule has 1 aromatic carbocycles. The Balaban J connectivity index is 2.13. The van der Waals surface area contributed by atoms with Crippen LogP contribution in [0.4, 0.5) is 10.1 Å². The predicted molar refractivity (Wildman–Crippen MR) is 67.1 cm³/mol. The van der Waals surface area contributed by atoms with Crippen molar-refractivity contribution in [3.05, 3.63) is 59.7 Å². The van der Waals surface area contributed by atoms with Gasteiger partial charge >= 0.3 is 0 Å². The number of amides is 2. The van der Waals surface area contributed by atoms with E-state index in [2.05, 4.69) is 10.3 Å². The number of carbonyl (C=O) groups excluding carboxylic acids is 2. The van der Waals surface area contributed by atoms with Gasteiger partial charge in [-0.1, -0.05) is 0 Å². The molecule has 1 heterocycles. The highest BCUT2D eigenvalue weighted by atomic mass is 19.1. The van der Waals surface area contributed by atoms with E-state index in [0.29, 0.717) is 11.3 Å². The maximum atomic E-state index is 12.9.